The molecule has 0 saturated heterocycles. The summed E-state index contributed by atoms with van der Waals surface area (Å²) in [5, 5.41) is 16.3. The second-order valence-electron chi connectivity index (χ2n) is 8.88. The van der Waals surface area contributed by atoms with Crippen molar-refractivity contribution in [1.82, 2.24) is 15.6 Å². The van der Waals surface area contributed by atoms with E-state index in [-0.39, 0.29) is 38.3 Å². The summed E-state index contributed by atoms with van der Waals surface area (Å²) in [5.41, 5.74) is 6.70. The number of esters is 1. The van der Waals surface area contributed by atoms with E-state index >= 15 is 0 Å². The molecule has 2 atom stereocenters. The van der Waals surface area contributed by atoms with Crippen LogP contribution >= 0.6 is 18.2 Å². The quantitative estimate of drug-likeness (QED) is 0.0991. The number of aliphatic hydroxyl groups excluding tert-OH is 1. The molecule has 14 heteroatoms. The molecule has 12 nitrogen and oxygen atoms in total. The van der Waals surface area contributed by atoms with Gasteiger partial charge in [0.15, 0.2) is 0 Å². The molecule has 1 aromatic heterocycles. The van der Waals surface area contributed by atoms with Crippen LogP contribution in [0.15, 0.2) is 30.5 Å². The molecule has 0 aliphatic carbocycles. The molecule has 0 spiro atoms. The molecule has 2 aromatic rings. The number of benzene rings is 1. The number of rotatable bonds is 14. The Balaban J connectivity index is 1.73. The SMILES string of the molecule is CC(C)(COC(=O)[C@H](N)Cc1c[nH]c2ccccc12)C(O)C(=O)NCCC(=O)NCCSP(=O)(O)O. The number of para-hydroxylation sites is 1. The Morgan fingerprint density at radius 2 is 1.89 bits per heavy atom. The van der Waals surface area contributed by atoms with Crippen LogP contribution in [0.5, 0.6) is 0 Å². The number of fused-ring (bicyclic) bond motifs is 1. The summed E-state index contributed by atoms with van der Waals surface area (Å²) >= 11 is 0.424. The van der Waals surface area contributed by atoms with Crippen molar-refractivity contribution in [3.8, 4) is 0 Å². The average molecular weight is 545 g/mol. The van der Waals surface area contributed by atoms with Gasteiger partial charge in [0, 0.05) is 54.2 Å². The van der Waals surface area contributed by atoms with Crippen LogP contribution in [0, 0.1) is 5.41 Å². The van der Waals surface area contributed by atoms with Gasteiger partial charge in [0.2, 0.25) is 11.8 Å². The highest BCUT2D eigenvalue weighted by Gasteiger charge is 2.35. The minimum Gasteiger partial charge on any atom is -0.464 e. The highest BCUT2D eigenvalue weighted by Crippen LogP contribution is 2.49. The van der Waals surface area contributed by atoms with Gasteiger partial charge < -0.3 is 41.0 Å². The maximum absolute atomic E-state index is 12.4. The molecule has 2 rings (SSSR count). The normalized spacial score (nSPS) is 13.7. The van der Waals surface area contributed by atoms with Crippen molar-refractivity contribution in [2.45, 2.75) is 38.8 Å². The number of hydrogen-bond donors (Lipinski definition) is 7. The fourth-order valence-corrected chi connectivity index (χ4v) is 4.68. The zero-order valence-electron chi connectivity index (χ0n) is 20.1. The van der Waals surface area contributed by atoms with Gasteiger partial charge in [-0.3, -0.25) is 14.4 Å². The largest absolute Gasteiger partial charge is 0.464 e. The number of carbonyl (C=O) groups is 3. The Labute approximate surface area is 212 Å². The first-order chi connectivity index (χ1) is 16.8. The van der Waals surface area contributed by atoms with Gasteiger partial charge in [-0.1, -0.05) is 32.0 Å². The Bertz CT molecular complexity index is 1100. The van der Waals surface area contributed by atoms with Crippen LogP contribution in [0.4, 0.5) is 0 Å². The van der Waals surface area contributed by atoms with Crippen molar-refractivity contribution in [2.75, 3.05) is 25.4 Å². The molecule has 1 unspecified atom stereocenters. The number of ether oxygens (including phenoxy) is 1. The first kappa shape index (κ1) is 29.8. The summed E-state index contributed by atoms with van der Waals surface area (Å²) in [4.78, 5) is 57.1. The Kier molecular flexibility index (Phi) is 11.0. The average Bonchev–Trinajstić information content (AvgIpc) is 3.21. The summed E-state index contributed by atoms with van der Waals surface area (Å²) in [6.45, 7) is -1.32. The van der Waals surface area contributed by atoms with E-state index in [1.54, 1.807) is 20.0 Å². The molecule has 36 heavy (non-hydrogen) atoms. The molecule has 8 N–H and O–H groups in total. The van der Waals surface area contributed by atoms with E-state index < -0.39 is 42.1 Å². The van der Waals surface area contributed by atoms with E-state index in [0.29, 0.717) is 11.4 Å². The minimum absolute atomic E-state index is 0.0411. The first-order valence-electron chi connectivity index (χ1n) is 11.2. The highest BCUT2D eigenvalue weighted by molar-refractivity contribution is 8.54. The van der Waals surface area contributed by atoms with Gasteiger partial charge >= 0.3 is 12.8 Å². The molecule has 0 saturated carbocycles. The second kappa shape index (κ2) is 13.2. The van der Waals surface area contributed by atoms with Gasteiger partial charge in [0.1, 0.15) is 12.1 Å². The summed E-state index contributed by atoms with van der Waals surface area (Å²) in [6.07, 6.45) is 0.443. The van der Waals surface area contributed by atoms with E-state index in [9.17, 15) is 24.1 Å². The third kappa shape index (κ3) is 9.57. The van der Waals surface area contributed by atoms with Gasteiger partial charge in [0.25, 0.3) is 0 Å². The molecule has 200 valence electrons. The fraction of sp³-hybridized carbons (Fsp3) is 0.500. The monoisotopic (exact) mass is 544 g/mol. The minimum atomic E-state index is -4.19. The van der Waals surface area contributed by atoms with Crippen LogP contribution in [0.3, 0.4) is 0 Å². The van der Waals surface area contributed by atoms with E-state index in [4.69, 9.17) is 20.3 Å². The van der Waals surface area contributed by atoms with E-state index in [1.807, 2.05) is 24.3 Å². The van der Waals surface area contributed by atoms with Gasteiger partial charge in [0.05, 0.1) is 6.61 Å². The van der Waals surface area contributed by atoms with Crippen LogP contribution in [-0.4, -0.2) is 75.3 Å². The lowest BCUT2D eigenvalue weighted by Gasteiger charge is -2.29. The number of aromatic nitrogens is 1. The van der Waals surface area contributed by atoms with E-state index in [0.717, 1.165) is 16.5 Å². The summed E-state index contributed by atoms with van der Waals surface area (Å²) in [6, 6.07) is 6.70. The topological polar surface area (TPSA) is 204 Å². The predicted octanol–water partition coefficient (Wildman–Crippen LogP) is 0.416. The number of aromatic amines is 1. The maximum Gasteiger partial charge on any atom is 0.384 e. The van der Waals surface area contributed by atoms with Crippen LogP contribution in [0.1, 0.15) is 25.8 Å². The Hall–Kier alpha value is -2.41. The van der Waals surface area contributed by atoms with Gasteiger partial charge in [-0.25, -0.2) is 4.57 Å². The number of nitrogens with one attached hydrogen (secondary N) is 3. The number of nitrogens with two attached hydrogens (primary N) is 1. The number of H-pyrrole nitrogens is 1. The lowest BCUT2D eigenvalue weighted by molar-refractivity contribution is -0.154. The van der Waals surface area contributed by atoms with Crippen molar-refractivity contribution in [3.63, 3.8) is 0 Å². The molecular weight excluding hydrogens is 511 g/mol. The predicted molar refractivity (Wildman–Crippen MR) is 136 cm³/mol. The zero-order valence-corrected chi connectivity index (χ0v) is 21.8. The summed E-state index contributed by atoms with van der Waals surface area (Å²) < 4.78 is 16.0. The standard InChI is InChI=1S/C22H33N4O8PS/c1-22(2,19(28)20(29)25-8-7-18(27)24-9-10-36-35(31,32)33)13-34-21(30)16(23)11-14-12-26-17-6-4-3-5-15(14)17/h3-6,12,16,19,26,28H,7-11,13,23H2,1-2H3,(H,24,27)(H,25,29)(H2,31,32,33)/t16-,19?/m1/s1. The van der Waals surface area contributed by atoms with Gasteiger partial charge in [-0.15, -0.1) is 0 Å². The van der Waals surface area contributed by atoms with Crippen molar-refractivity contribution < 1.29 is 38.6 Å². The van der Waals surface area contributed by atoms with Crippen LogP contribution in [0.25, 0.3) is 10.9 Å². The first-order valence-corrected chi connectivity index (χ1v) is 14.4. The number of amides is 2. The fourth-order valence-electron chi connectivity index (χ4n) is 3.26. The smallest absolute Gasteiger partial charge is 0.384 e. The van der Waals surface area contributed by atoms with Crippen molar-refractivity contribution in [2.24, 2.45) is 11.1 Å². The lowest BCUT2D eigenvalue weighted by atomic mass is 9.87. The molecule has 0 aliphatic heterocycles. The van der Waals surface area contributed by atoms with Crippen molar-refractivity contribution >= 4 is 46.9 Å². The van der Waals surface area contributed by atoms with Gasteiger partial charge in [-0.05, 0) is 23.0 Å². The third-order valence-electron chi connectivity index (χ3n) is 5.33. The Morgan fingerprint density at radius 1 is 1.19 bits per heavy atom. The molecule has 2 amide bonds. The van der Waals surface area contributed by atoms with Crippen LogP contribution in [0.2, 0.25) is 0 Å². The van der Waals surface area contributed by atoms with E-state index in [1.165, 1.54) is 0 Å². The van der Waals surface area contributed by atoms with Crippen molar-refractivity contribution in [1.29, 1.82) is 0 Å². The summed E-state index contributed by atoms with van der Waals surface area (Å²) in [5.74, 6) is -1.77. The second-order valence-corrected chi connectivity index (χ2v) is 12.7. The molecule has 0 bridgehead atoms. The maximum atomic E-state index is 12.4. The molecule has 0 fully saturated rings. The highest BCUT2D eigenvalue weighted by atomic mass is 32.7. The van der Waals surface area contributed by atoms with Gasteiger partial charge in [-0.2, -0.15) is 0 Å². The molecule has 1 aromatic carbocycles. The number of aliphatic hydroxyl groups is 1. The van der Waals surface area contributed by atoms with Crippen LogP contribution < -0.4 is 16.4 Å². The third-order valence-corrected chi connectivity index (χ3v) is 7.61. The molecular formula is C22H33N4O8PS. The number of carbonyl (C=O) groups excluding carboxylic acids is 3. The lowest BCUT2D eigenvalue weighted by Crippen LogP contribution is -2.47. The zero-order chi connectivity index (χ0) is 26.9. The molecule has 0 radical (unpaired) electrons. The van der Waals surface area contributed by atoms with Crippen molar-refractivity contribution in [3.05, 3.63) is 36.0 Å². The molecule has 0 aliphatic rings. The van der Waals surface area contributed by atoms with Crippen LogP contribution in [-0.2, 0) is 30.1 Å². The Morgan fingerprint density at radius 3 is 2.58 bits per heavy atom. The number of hydrogen-bond acceptors (Lipinski definition) is 8. The van der Waals surface area contributed by atoms with E-state index in [2.05, 4.69) is 15.6 Å². The molecule has 1 heterocycles. The summed E-state index contributed by atoms with van der Waals surface area (Å²) in [7, 11) is 0.